The number of anilines is 2. The van der Waals surface area contributed by atoms with Gasteiger partial charge in [0.1, 0.15) is 5.75 Å². The second kappa shape index (κ2) is 6.46. The SMILES string of the molecule is CCOc1ccc(Nc2nc(C)cn2CC(C)C)cc1. The number of nitrogens with zero attached hydrogens (tertiary/aromatic N) is 2. The molecule has 0 saturated carbocycles. The van der Waals surface area contributed by atoms with E-state index in [0.29, 0.717) is 12.5 Å². The van der Waals surface area contributed by atoms with Gasteiger partial charge in [0.15, 0.2) is 0 Å². The van der Waals surface area contributed by atoms with Crippen molar-refractivity contribution < 1.29 is 4.74 Å². The maximum atomic E-state index is 5.44. The Labute approximate surface area is 120 Å². The highest BCUT2D eigenvalue weighted by molar-refractivity contribution is 5.55. The van der Waals surface area contributed by atoms with Crippen LogP contribution in [0.2, 0.25) is 0 Å². The first-order valence-corrected chi connectivity index (χ1v) is 7.12. The fourth-order valence-corrected chi connectivity index (χ4v) is 2.11. The molecule has 2 aromatic rings. The van der Waals surface area contributed by atoms with Crippen molar-refractivity contribution in [3.05, 3.63) is 36.2 Å². The fraction of sp³-hybridized carbons (Fsp3) is 0.438. The molecule has 0 fully saturated rings. The number of hydrogen-bond acceptors (Lipinski definition) is 3. The number of hydrogen-bond donors (Lipinski definition) is 1. The lowest BCUT2D eigenvalue weighted by Gasteiger charge is -2.12. The molecule has 0 saturated heterocycles. The topological polar surface area (TPSA) is 39.1 Å². The number of benzene rings is 1. The Hall–Kier alpha value is -1.97. The van der Waals surface area contributed by atoms with Crippen LogP contribution in [0.5, 0.6) is 5.75 Å². The van der Waals surface area contributed by atoms with Crippen LogP contribution in [0.15, 0.2) is 30.5 Å². The fourth-order valence-electron chi connectivity index (χ4n) is 2.11. The largest absolute Gasteiger partial charge is 0.494 e. The highest BCUT2D eigenvalue weighted by Crippen LogP contribution is 2.20. The number of ether oxygens (including phenoxy) is 1. The second-order valence-corrected chi connectivity index (χ2v) is 5.33. The van der Waals surface area contributed by atoms with E-state index >= 15 is 0 Å². The van der Waals surface area contributed by atoms with Crippen LogP contribution in [0.4, 0.5) is 11.6 Å². The number of rotatable bonds is 6. The molecule has 0 atom stereocenters. The quantitative estimate of drug-likeness (QED) is 0.865. The Bertz CT molecular complexity index is 543. The molecule has 1 N–H and O–H groups in total. The van der Waals surface area contributed by atoms with Crippen molar-refractivity contribution in [3.63, 3.8) is 0 Å². The number of aromatic nitrogens is 2. The van der Waals surface area contributed by atoms with Crippen LogP contribution in [0.1, 0.15) is 26.5 Å². The number of imidazole rings is 1. The van der Waals surface area contributed by atoms with E-state index in [0.717, 1.165) is 29.6 Å². The molecule has 0 aliphatic rings. The van der Waals surface area contributed by atoms with Gasteiger partial charge in [0, 0.05) is 18.4 Å². The summed E-state index contributed by atoms with van der Waals surface area (Å²) < 4.78 is 7.61. The standard InChI is InChI=1S/C16H23N3O/c1-5-20-15-8-6-14(7-9-15)18-16-17-13(4)11-19(16)10-12(2)3/h6-9,11-12H,5,10H2,1-4H3,(H,17,18). The van der Waals surface area contributed by atoms with Gasteiger partial charge in [0.25, 0.3) is 0 Å². The first-order valence-electron chi connectivity index (χ1n) is 7.12. The highest BCUT2D eigenvalue weighted by Gasteiger charge is 2.07. The van der Waals surface area contributed by atoms with Crippen LogP contribution >= 0.6 is 0 Å². The molecule has 1 aromatic carbocycles. The average molecular weight is 273 g/mol. The van der Waals surface area contributed by atoms with E-state index in [1.54, 1.807) is 0 Å². The van der Waals surface area contributed by atoms with Crippen molar-refractivity contribution in [1.82, 2.24) is 9.55 Å². The Kier molecular flexibility index (Phi) is 4.66. The monoisotopic (exact) mass is 273 g/mol. The van der Waals surface area contributed by atoms with Crippen LogP contribution < -0.4 is 10.1 Å². The molecule has 1 heterocycles. The van der Waals surface area contributed by atoms with E-state index in [1.807, 2.05) is 38.1 Å². The van der Waals surface area contributed by atoms with E-state index in [-0.39, 0.29) is 0 Å². The van der Waals surface area contributed by atoms with Gasteiger partial charge in [-0.05, 0) is 44.0 Å². The second-order valence-electron chi connectivity index (χ2n) is 5.33. The molecule has 0 radical (unpaired) electrons. The van der Waals surface area contributed by atoms with Gasteiger partial charge in [0.05, 0.1) is 12.3 Å². The first-order chi connectivity index (χ1) is 9.58. The molecule has 0 spiro atoms. The Morgan fingerprint density at radius 1 is 1.25 bits per heavy atom. The van der Waals surface area contributed by atoms with Crippen LogP contribution in [0.3, 0.4) is 0 Å². The minimum Gasteiger partial charge on any atom is -0.494 e. The van der Waals surface area contributed by atoms with Gasteiger partial charge in [-0.3, -0.25) is 0 Å². The molecule has 0 aliphatic heterocycles. The van der Waals surface area contributed by atoms with Crippen molar-refractivity contribution in [3.8, 4) is 5.75 Å². The van der Waals surface area contributed by atoms with Crippen molar-refractivity contribution in [2.45, 2.75) is 34.2 Å². The summed E-state index contributed by atoms with van der Waals surface area (Å²) in [4.78, 5) is 4.54. The minimum atomic E-state index is 0.587. The molecular weight excluding hydrogens is 250 g/mol. The third-order valence-corrected chi connectivity index (χ3v) is 2.88. The smallest absolute Gasteiger partial charge is 0.207 e. The Morgan fingerprint density at radius 2 is 1.95 bits per heavy atom. The van der Waals surface area contributed by atoms with Crippen molar-refractivity contribution in [2.75, 3.05) is 11.9 Å². The zero-order valence-electron chi connectivity index (χ0n) is 12.7. The van der Waals surface area contributed by atoms with Crippen molar-refractivity contribution >= 4 is 11.6 Å². The lowest BCUT2D eigenvalue weighted by molar-refractivity contribution is 0.340. The molecule has 0 aliphatic carbocycles. The van der Waals surface area contributed by atoms with Gasteiger partial charge in [-0.25, -0.2) is 4.98 Å². The maximum absolute atomic E-state index is 5.44. The summed E-state index contributed by atoms with van der Waals surface area (Å²) in [6, 6.07) is 7.95. The summed E-state index contributed by atoms with van der Waals surface area (Å²) in [5.74, 6) is 2.37. The summed E-state index contributed by atoms with van der Waals surface area (Å²) >= 11 is 0. The Morgan fingerprint density at radius 3 is 2.55 bits per heavy atom. The van der Waals surface area contributed by atoms with Crippen molar-refractivity contribution in [2.24, 2.45) is 5.92 Å². The zero-order chi connectivity index (χ0) is 14.5. The van der Waals surface area contributed by atoms with Gasteiger partial charge < -0.3 is 14.6 Å². The lowest BCUT2D eigenvalue weighted by Crippen LogP contribution is -2.07. The maximum Gasteiger partial charge on any atom is 0.207 e. The number of aryl methyl sites for hydroxylation is 1. The zero-order valence-corrected chi connectivity index (χ0v) is 12.7. The minimum absolute atomic E-state index is 0.587. The predicted molar refractivity (Wildman–Crippen MR) is 82.7 cm³/mol. The molecule has 2 rings (SSSR count). The third-order valence-electron chi connectivity index (χ3n) is 2.88. The van der Waals surface area contributed by atoms with E-state index in [2.05, 4.69) is 34.9 Å². The molecule has 1 aromatic heterocycles. The highest BCUT2D eigenvalue weighted by atomic mass is 16.5. The van der Waals surface area contributed by atoms with Crippen molar-refractivity contribution in [1.29, 1.82) is 0 Å². The summed E-state index contributed by atoms with van der Waals surface area (Å²) in [7, 11) is 0. The summed E-state index contributed by atoms with van der Waals surface area (Å²) in [6.07, 6.45) is 2.08. The molecule has 4 heteroatoms. The molecule has 0 bridgehead atoms. The summed E-state index contributed by atoms with van der Waals surface area (Å²) in [5.41, 5.74) is 2.04. The molecule has 0 unspecified atom stereocenters. The first kappa shape index (κ1) is 14.4. The molecule has 20 heavy (non-hydrogen) atoms. The molecule has 0 amide bonds. The molecular formula is C16H23N3O. The Balaban J connectivity index is 2.12. The van der Waals surface area contributed by atoms with Gasteiger partial charge in [-0.1, -0.05) is 13.8 Å². The van der Waals surface area contributed by atoms with Gasteiger partial charge in [-0.15, -0.1) is 0 Å². The molecule has 4 nitrogen and oxygen atoms in total. The van der Waals surface area contributed by atoms with E-state index in [1.165, 1.54) is 0 Å². The van der Waals surface area contributed by atoms with Crippen LogP contribution in [-0.2, 0) is 6.54 Å². The van der Waals surface area contributed by atoms with Crippen LogP contribution in [-0.4, -0.2) is 16.2 Å². The third kappa shape index (κ3) is 3.76. The predicted octanol–water partition coefficient (Wildman–Crippen LogP) is 3.99. The van der Waals surface area contributed by atoms with E-state index < -0.39 is 0 Å². The normalized spacial score (nSPS) is 10.8. The van der Waals surface area contributed by atoms with Crippen LogP contribution in [0.25, 0.3) is 0 Å². The molecule has 108 valence electrons. The summed E-state index contributed by atoms with van der Waals surface area (Å²) in [6.45, 7) is 10.1. The van der Waals surface area contributed by atoms with E-state index in [9.17, 15) is 0 Å². The average Bonchev–Trinajstić information content (AvgIpc) is 2.71. The van der Waals surface area contributed by atoms with Gasteiger partial charge in [-0.2, -0.15) is 0 Å². The van der Waals surface area contributed by atoms with Crippen LogP contribution in [0, 0.1) is 12.8 Å². The summed E-state index contributed by atoms with van der Waals surface area (Å²) in [5, 5.41) is 3.36. The van der Waals surface area contributed by atoms with E-state index in [4.69, 9.17) is 4.74 Å². The lowest BCUT2D eigenvalue weighted by atomic mass is 10.2. The number of nitrogens with one attached hydrogen (secondary N) is 1. The van der Waals surface area contributed by atoms with Gasteiger partial charge in [0.2, 0.25) is 5.95 Å². The van der Waals surface area contributed by atoms with Gasteiger partial charge >= 0.3 is 0 Å².